The van der Waals surface area contributed by atoms with Gasteiger partial charge in [-0.25, -0.2) is 0 Å². The molecule has 0 spiro atoms. The van der Waals surface area contributed by atoms with E-state index in [1.165, 1.54) is 11.0 Å². The number of fused-ring (bicyclic) bond motifs is 1. The summed E-state index contributed by atoms with van der Waals surface area (Å²) in [6.45, 7) is 2.70. The Morgan fingerprint density at radius 2 is 2.13 bits per heavy atom. The van der Waals surface area contributed by atoms with Crippen molar-refractivity contribution in [3.63, 3.8) is 0 Å². The highest BCUT2D eigenvalue weighted by Crippen LogP contribution is 2.32. The van der Waals surface area contributed by atoms with Gasteiger partial charge in [0, 0.05) is 30.9 Å². The van der Waals surface area contributed by atoms with Crippen LogP contribution in [-0.4, -0.2) is 27.6 Å². The van der Waals surface area contributed by atoms with E-state index in [4.69, 9.17) is 5.73 Å². The monoisotopic (exact) mass is 310 g/mol. The van der Waals surface area contributed by atoms with Gasteiger partial charge in [-0.2, -0.15) is 5.10 Å². The van der Waals surface area contributed by atoms with Crippen molar-refractivity contribution in [2.45, 2.75) is 25.9 Å². The number of primary amides is 1. The minimum absolute atomic E-state index is 0.261. The number of aryl methyl sites for hydroxylation is 1. The van der Waals surface area contributed by atoms with Crippen LogP contribution < -0.4 is 10.6 Å². The van der Waals surface area contributed by atoms with Gasteiger partial charge in [-0.05, 0) is 30.7 Å². The van der Waals surface area contributed by atoms with Crippen LogP contribution in [0.5, 0.6) is 0 Å². The highest BCUT2D eigenvalue weighted by Gasteiger charge is 2.36. The number of carbonyl (C=O) groups excluding carboxylic acids is 2. The number of para-hydroxylation sites is 1. The van der Waals surface area contributed by atoms with Crippen molar-refractivity contribution in [1.82, 2.24) is 9.78 Å². The molecular formula is C17H18N4O2. The molecule has 0 bridgehead atoms. The Bertz CT molecular complexity index is 778. The van der Waals surface area contributed by atoms with Gasteiger partial charge in [-0.1, -0.05) is 18.2 Å². The number of amides is 2. The van der Waals surface area contributed by atoms with Gasteiger partial charge in [-0.3, -0.25) is 19.2 Å². The number of nitrogens with zero attached hydrogens (tertiary/aromatic N) is 3. The Morgan fingerprint density at radius 1 is 1.35 bits per heavy atom. The lowest BCUT2D eigenvalue weighted by Gasteiger charge is -2.21. The summed E-state index contributed by atoms with van der Waals surface area (Å²) in [5, 5.41) is 4.16. The second-order valence-corrected chi connectivity index (χ2v) is 5.36. The number of rotatable bonds is 4. The first-order valence-corrected chi connectivity index (χ1v) is 7.52. The summed E-state index contributed by atoms with van der Waals surface area (Å²) < 4.78 is 1.78. The van der Waals surface area contributed by atoms with Crippen LogP contribution in [0.2, 0.25) is 0 Å². The second-order valence-electron chi connectivity index (χ2n) is 5.36. The molecule has 0 fully saturated rings. The van der Waals surface area contributed by atoms with Crippen LogP contribution in [0.3, 0.4) is 0 Å². The Morgan fingerprint density at radius 3 is 2.87 bits per heavy atom. The first-order chi connectivity index (χ1) is 11.1. The molecular weight excluding hydrogens is 292 g/mol. The summed E-state index contributed by atoms with van der Waals surface area (Å²) in [4.78, 5) is 25.8. The maximum absolute atomic E-state index is 12.6. The SMILES string of the molecule is CCn1nccc1/C=C\C(=O)N1c2ccccc2C[C@H]1C(N)=O. The molecule has 2 amide bonds. The fraction of sp³-hybridized carbons (Fsp3) is 0.235. The predicted molar refractivity (Wildman–Crippen MR) is 87.5 cm³/mol. The third-order valence-corrected chi connectivity index (χ3v) is 3.99. The molecule has 0 saturated carbocycles. The van der Waals surface area contributed by atoms with Crippen LogP contribution in [0.4, 0.5) is 5.69 Å². The third-order valence-electron chi connectivity index (χ3n) is 3.99. The zero-order valence-corrected chi connectivity index (χ0v) is 12.8. The van der Waals surface area contributed by atoms with Crippen molar-refractivity contribution in [2.24, 2.45) is 5.73 Å². The molecule has 6 nitrogen and oxygen atoms in total. The molecule has 1 aliphatic rings. The minimum atomic E-state index is -0.638. The maximum Gasteiger partial charge on any atom is 0.251 e. The van der Waals surface area contributed by atoms with Crippen molar-refractivity contribution in [3.05, 3.63) is 53.9 Å². The quantitative estimate of drug-likeness (QED) is 0.866. The van der Waals surface area contributed by atoms with Crippen LogP contribution in [-0.2, 0) is 22.6 Å². The topological polar surface area (TPSA) is 81.2 Å². The van der Waals surface area contributed by atoms with Crippen LogP contribution in [0, 0.1) is 0 Å². The third kappa shape index (κ3) is 2.75. The summed E-state index contributed by atoms with van der Waals surface area (Å²) in [6.07, 6.45) is 5.31. The number of carbonyl (C=O) groups is 2. The number of nitrogens with two attached hydrogens (primary N) is 1. The first kappa shape index (κ1) is 15.0. The van der Waals surface area contributed by atoms with Crippen molar-refractivity contribution in [1.29, 1.82) is 0 Å². The van der Waals surface area contributed by atoms with E-state index in [0.29, 0.717) is 6.42 Å². The summed E-state index contributed by atoms with van der Waals surface area (Å²) in [7, 11) is 0. The summed E-state index contributed by atoms with van der Waals surface area (Å²) >= 11 is 0. The first-order valence-electron chi connectivity index (χ1n) is 7.52. The lowest BCUT2D eigenvalue weighted by Crippen LogP contribution is -2.45. The van der Waals surface area contributed by atoms with Gasteiger partial charge in [0.2, 0.25) is 5.91 Å². The van der Waals surface area contributed by atoms with E-state index in [1.807, 2.05) is 37.3 Å². The van der Waals surface area contributed by atoms with E-state index in [-0.39, 0.29) is 5.91 Å². The van der Waals surface area contributed by atoms with E-state index in [2.05, 4.69) is 5.10 Å². The fourth-order valence-electron chi connectivity index (χ4n) is 2.87. The lowest BCUT2D eigenvalue weighted by atomic mass is 10.1. The minimum Gasteiger partial charge on any atom is -0.368 e. The molecule has 3 rings (SSSR count). The fourth-order valence-corrected chi connectivity index (χ4v) is 2.87. The van der Waals surface area contributed by atoms with E-state index in [0.717, 1.165) is 23.5 Å². The molecule has 1 aliphatic heterocycles. The van der Waals surface area contributed by atoms with E-state index < -0.39 is 11.9 Å². The molecule has 0 unspecified atom stereocenters. The van der Waals surface area contributed by atoms with E-state index in [1.54, 1.807) is 17.0 Å². The molecule has 2 heterocycles. The highest BCUT2D eigenvalue weighted by molar-refractivity contribution is 6.09. The van der Waals surface area contributed by atoms with Gasteiger partial charge in [0.25, 0.3) is 5.91 Å². The van der Waals surface area contributed by atoms with E-state index >= 15 is 0 Å². The molecule has 2 N–H and O–H groups in total. The average Bonchev–Trinajstić information content (AvgIpc) is 3.16. The molecule has 0 radical (unpaired) electrons. The summed E-state index contributed by atoms with van der Waals surface area (Å²) in [5.74, 6) is -0.760. The molecule has 1 aromatic carbocycles. The van der Waals surface area contributed by atoms with Crippen molar-refractivity contribution in [3.8, 4) is 0 Å². The number of benzene rings is 1. The number of aromatic nitrogens is 2. The molecule has 0 aliphatic carbocycles. The van der Waals surface area contributed by atoms with Crippen LogP contribution in [0.25, 0.3) is 6.08 Å². The highest BCUT2D eigenvalue weighted by atomic mass is 16.2. The Kier molecular flexibility index (Phi) is 3.97. The number of anilines is 1. The van der Waals surface area contributed by atoms with Gasteiger partial charge in [-0.15, -0.1) is 0 Å². The maximum atomic E-state index is 12.6. The van der Waals surface area contributed by atoms with Crippen LogP contribution >= 0.6 is 0 Å². The van der Waals surface area contributed by atoms with Crippen LogP contribution in [0.1, 0.15) is 18.2 Å². The largest absolute Gasteiger partial charge is 0.368 e. The zero-order valence-electron chi connectivity index (χ0n) is 12.8. The Balaban J connectivity index is 1.89. The summed E-state index contributed by atoms with van der Waals surface area (Å²) in [6, 6.07) is 8.67. The standard InChI is InChI=1S/C17H18N4O2/c1-2-20-13(9-10-19-20)7-8-16(22)21-14-6-4-3-5-12(14)11-15(21)17(18)23/h3-10,15H,2,11H2,1H3,(H2,18,23)/b8-7-/t15-/m0/s1. The Hall–Kier alpha value is -2.89. The summed E-state index contributed by atoms with van der Waals surface area (Å²) in [5.41, 5.74) is 8.01. The lowest BCUT2D eigenvalue weighted by molar-refractivity contribution is -0.122. The Labute approximate surface area is 134 Å². The van der Waals surface area contributed by atoms with Crippen molar-refractivity contribution < 1.29 is 9.59 Å². The predicted octanol–water partition coefficient (Wildman–Crippen LogP) is 1.36. The van der Waals surface area contributed by atoms with Gasteiger partial charge < -0.3 is 5.73 Å². The van der Waals surface area contributed by atoms with Gasteiger partial charge >= 0.3 is 0 Å². The molecule has 23 heavy (non-hydrogen) atoms. The molecule has 118 valence electrons. The molecule has 1 aromatic heterocycles. The van der Waals surface area contributed by atoms with Gasteiger partial charge in [0.1, 0.15) is 6.04 Å². The van der Waals surface area contributed by atoms with Crippen molar-refractivity contribution in [2.75, 3.05) is 4.90 Å². The van der Waals surface area contributed by atoms with Crippen LogP contribution in [0.15, 0.2) is 42.6 Å². The van der Waals surface area contributed by atoms with E-state index in [9.17, 15) is 9.59 Å². The molecule has 1 atom stereocenters. The number of hydrogen-bond acceptors (Lipinski definition) is 3. The average molecular weight is 310 g/mol. The zero-order chi connectivity index (χ0) is 16.4. The van der Waals surface area contributed by atoms with Crippen molar-refractivity contribution >= 4 is 23.6 Å². The molecule has 2 aromatic rings. The smallest absolute Gasteiger partial charge is 0.251 e. The van der Waals surface area contributed by atoms with Gasteiger partial charge in [0.15, 0.2) is 0 Å². The van der Waals surface area contributed by atoms with Gasteiger partial charge in [0.05, 0.1) is 5.69 Å². The molecule has 6 heteroatoms. The normalized spacial score (nSPS) is 16.7. The molecule has 0 saturated heterocycles. The number of hydrogen-bond donors (Lipinski definition) is 1. The second kappa shape index (κ2) is 6.08.